The third-order valence-electron chi connectivity index (χ3n) is 3.76. The minimum absolute atomic E-state index is 0.0411. The Morgan fingerprint density at radius 2 is 2.00 bits per heavy atom. The van der Waals surface area contributed by atoms with Crippen molar-refractivity contribution in [2.45, 2.75) is 38.5 Å². The number of para-hydroxylation sites is 2. The van der Waals surface area contributed by atoms with Gasteiger partial charge in [0.15, 0.2) is 0 Å². The van der Waals surface area contributed by atoms with E-state index in [0.717, 1.165) is 23.9 Å². The standard InChI is InChI=1S/C14H18N2O2/c1-10-7-8-11(18-10)9-16-13-6-4-3-5-12(13)15(2)14(16)17/h3-6,10-11H,7-9H2,1-2H3. The summed E-state index contributed by atoms with van der Waals surface area (Å²) in [6.07, 6.45) is 2.62. The first-order valence-corrected chi connectivity index (χ1v) is 6.46. The molecule has 4 nitrogen and oxygen atoms in total. The van der Waals surface area contributed by atoms with Gasteiger partial charge in [-0.15, -0.1) is 0 Å². The van der Waals surface area contributed by atoms with Crippen LogP contribution < -0.4 is 5.69 Å². The number of aromatic nitrogens is 2. The van der Waals surface area contributed by atoms with E-state index in [2.05, 4.69) is 6.92 Å². The number of nitrogens with zero attached hydrogens (tertiary/aromatic N) is 2. The highest BCUT2D eigenvalue weighted by Gasteiger charge is 2.23. The third-order valence-corrected chi connectivity index (χ3v) is 3.76. The Labute approximate surface area is 106 Å². The van der Waals surface area contributed by atoms with Crippen LogP contribution >= 0.6 is 0 Å². The van der Waals surface area contributed by atoms with Gasteiger partial charge in [-0.25, -0.2) is 4.79 Å². The van der Waals surface area contributed by atoms with Crippen molar-refractivity contribution >= 4 is 11.0 Å². The maximum Gasteiger partial charge on any atom is 0.328 e. The van der Waals surface area contributed by atoms with Crippen molar-refractivity contribution in [3.63, 3.8) is 0 Å². The molecule has 2 unspecified atom stereocenters. The quantitative estimate of drug-likeness (QED) is 0.811. The fourth-order valence-electron chi connectivity index (χ4n) is 2.76. The lowest BCUT2D eigenvalue weighted by molar-refractivity contribution is 0.0458. The molecule has 3 rings (SSSR count). The van der Waals surface area contributed by atoms with Gasteiger partial charge in [-0.1, -0.05) is 12.1 Å². The fraction of sp³-hybridized carbons (Fsp3) is 0.500. The van der Waals surface area contributed by atoms with E-state index in [1.807, 2.05) is 35.9 Å². The van der Waals surface area contributed by atoms with E-state index >= 15 is 0 Å². The highest BCUT2D eigenvalue weighted by atomic mass is 16.5. The third kappa shape index (κ3) is 1.77. The molecule has 2 atom stereocenters. The van der Waals surface area contributed by atoms with Gasteiger partial charge in [0, 0.05) is 7.05 Å². The monoisotopic (exact) mass is 246 g/mol. The number of hydrogen-bond acceptors (Lipinski definition) is 2. The van der Waals surface area contributed by atoms with Gasteiger partial charge in [-0.05, 0) is 31.9 Å². The SMILES string of the molecule is CC1CCC(Cn2c(=O)n(C)c3ccccc32)O1. The molecule has 4 heteroatoms. The minimum Gasteiger partial charge on any atom is -0.373 e. The van der Waals surface area contributed by atoms with Crippen molar-refractivity contribution in [3.05, 3.63) is 34.7 Å². The van der Waals surface area contributed by atoms with Crippen LogP contribution in [0.25, 0.3) is 11.0 Å². The zero-order valence-electron chi connectivity index (χ0n) is 10.8. The Bertz CT molecular complexity index is 626. The summed E-state index contributed by atoms with van der Waals surface area (Å²) in [5.74, 6) is 0. The van der Waals surface area contributed by atoms with Crippen LogP contribution in [-0.4, -0.2) is 21.3 Å². The van der Waals surface area contributed by atoms with E-state index in [1.54, 1.807) is 4.57 Å². The van der Waals surface area contributed by atoms with Crippen molar-refractivity contribution in [2.24, 2.45) is 7.05 Å². The van der Waals surface area contributed by atoms with E-state index in [9.17, 15) is 4.79 Å². The smallest absolute Gasteiger partial charge is 0.328 e. The van der Waals surface area contributed by atoms with Crippen LogP contribution in [0.3, 0.4) is 0 Å². The Balaban J connectivity index is 2.01. The van der Waals surface area contributed by atoms with Crippen LogP contribution in [0.5, 0.6) is 0 Å². The molecule has 0 spiro atoms. The van der Waals surface area contributed by atoms with Gasteiger partial charge in [0.1, 0.15) is 0 Å². The molecule has 1 aliphatic heterocycles. The zero-order chi connectivity index (χ0) is 12.7. The number of benzene rings is 1. The van der Waals surface area contributed by atoms with Crippen LogP contribution in [-0.2, 0) is 18.3 Å². The molecule has 0 N–H and O–H groups in total. The lowest BCUT2D eigenvalue weighted by atomic mass is 10.2. The summed E-state index contributed by atoms with van der Waals surface area (Å²) in [5, 5.41) is 0. The van der Waals surface area contributed by atoms with E-state index in [-0.39, 0.29) is 11.8 Å². The number of aryl methyl sites for hydroxylation is 1. The molecule has 1 saturated heterocycles. The topological polar surface area (TPSA) is 36.2 Å². The Hall–Kier alpha value is -1.55. The van der Waals surface area contributed by atoms with Crippen LogP contribution in [0.4, 0.5) is 0 Å². The molecule has 96 valence electrons. The summed E-state index contributed by atoms with van der Waals surface area (Å²) in [6, 6.07) is 7.90. The number of ether oxygens (including phenoxy) is 1. The zero-order valence-corrected chi connectivity index (χ0v) is 10.8. The molecular formula is C14H18N2O2. The molecule has 0 radical (unpaired) electrons. The molecule has 2 heterocycles. The van der Waals surface area contributed by atoms with Gasteiger partial charge in [-0.3, -0.25) is 9.13 Å². The van der Waals surface area contributed by atoms with Gasteiger partial charge in [0.2, 0.25) is 0 Å². The summed E-state index contributed by atoms with van der Waals surface area (Å²) >= 11 is 0. The molecule has 0 bridgehead atoms. The lowest BCUT2D eigenvalue weighted by Gasteiger charge is -2.11. The number of rotatable bonds is 2. The Kier molecular flexibility index (Phi) is 2.74. The molecule has 18 heavy (non-hydrogen) atoms. The average Bonchev–Trinajstić information content (AvgIpc) is 2.88. The summed E-state index contributed by atoms with van der Waals surface area (Å²) < 4.78 is 9.34. The first-order valence-electron chi connectivity index (χ1n) is 6.46. The van der Waals surface area contributed by atoms with Gasteiger partial charge < -0.3 is 4.74 Å². The van der Waals surface area contributed by atoms with Crippen molar-refractivity contribution in [1.82, 2.24) is 9.13 Å². The molecule has 0 aliphatic carbocycles. The maximum absolute atomic E-state index is 12.2. The summed E-state index contributed by atoms with van der Waals surface area (Å²) in [7, 11) is 1.82. The van der Waals surface area contributed by atoms with Crippen molar-refractivity contribution in [2.75, 3.05) is 0 Å². The molecule has 1 aliphatic rings. The highest BCUT2D eigenvalue weighted by Crippen LogP contribution is 2.21. The normalized spacial score (nSPS) is 23.9. The number of hydrogen-bond donors (Lipinski definition) is 0. The minimum atomic E-state index is 0.0411. The van der Waals surface area contributed by atoms with Crippen molar-refractivity contribution in [1.29, 1.82) is 0 Å². The first-order chi connectivity index (χ1) is 8.66. The van der Waals surface area contributed by atoms with Crippen LogP contribution in [0.15, 0.2) is 29.1 Å². The van der Waals surface area contributed by atoms with Crippen molar-refractivity contribution < 1.29 is 4.74 Å². The second-order valence-corrected chi connectivity index (χ2v) is 5.09. The van der Waals surface area contributed by atoms with E-state index in [4.69, 9.17) is 4.74 Å². The lowest BCUT2D eigenvalue weighted by Crippen LogP contribution is -2.27. The van der Waals surface area contributed by atoms with Crippen LogP contribution in [0, 0.1) is 0 Å². The molecule has 0 amide bonds. The Morgan fingerprint density at radius 1 is 1.28 bits per heavy atom. The highest BCUT2D eigenvalue weighted by molar-refractivity contribution is 5.75. The van der Waals surface area contributed by atoms with E-state index < -0.39 is 0 Å². The summed E-state index contributed by atoms with van der Waals surface area (Å²) in [5.41, 5.74) is 2.01. The second kappa shape index (κ2) is 4.28. The average molecular weight is 246 g/mol. The molecular weight excluding hydrogens is 228 g/mol. The predicted octanol–water partition coefficient (Wildman–Crippen LogP) is 1.91. The fourth-order valence-corrected chi connectivity index (χ4v) is 2.76. The van der Waals surface area contributed by atoms with Crippen LogP contribution in [0.1, 0.15) is 19.8 Å². The van der Waals surface area contributed by atoms with E-state index in [0.29, 0.717) is 12.6 Å². The number of fused-ring (bicyclic) bond motifs is 1. The molecule has 2 aromatic rings. The Morgan fingerprint density at radius 3 is 2.67 bits per heavy atom. The molecule has 0 saturated carbocycles. The first kappa shape index (κ1) is 11.5. The molecule has 1 fully saturated rings. The second-order valence-electron chi connectivity index (χ2n) is 5.09. The van der Waals surface area contributed by atoms with E-state index in [1.165, 1.54) is 0 Å². The number of imidazole rings is 1. The van der Waals surface area contributed by atoms with Gasteiger partial charge in [0.05, 0.1) is 29.8 Å². The van der Waals surface area contributed by atoms with Gasteiger partial charge in [-0.2, -0.15) is 0 Å². The van der Waals surface area contributed by atoms with Crippen LogP contribution in [0.2, 0.25) is 0 Å². The predicted molar refractivity (Wildman–Crippen MR) is 70.7 cm³/mol. The largest absolute Gasteiger partial charge is 0.373 e. The van der Waals surface area contributed by atoms with Gasteiger partial charge in [0.25, 0.3) is 0 Å². The maximum atomic E-state index is 12.2. The summed E-state index contributed by atoms with van der Waals surface area (Å²) in [4.78, 5) is 12.2. The molecule has 1 aromatic heterocycles. The summed E-state index contributed by atoms with van der Waals surface area (Å²) in [6.45, 7) is 2.75. The molecule has 1 aromatic carbocycles. The van der Waals surface area contributed by atoms with Gasteiger partial charge >= 0.3 is 5.69 Å². The van der Waals surface area contributed by atoms with Crippen molar-refractivity contribution in [3.8, 4) is 0 Å².